The van der Waals surface area contributed by atoms with E-state index in [-0.39, 0.29) is 5.91 Å². The Morgan fingerprint density at radius 3 is 2.60 bits per heavy atom. The van der Waals surface area contributed by atoms with E-state index in [1.807, 2.05) is 44.3 Å². The number of aromatic nitrogens is 4. The highest BCUT2D eigenvalue weighted by Gasteiger charge is 2.09. The second-order valence-corrected chi connectivity index (χ2v) is 5.86. The second kappa shape index (κ2) is 7.70. The molecule has 0 saturated carbocycles. The molecule has 1 aromatic carbocycles. The van der Waals surface area contributed by atoms with Crippen LogP contribution in [0.4, 0.5) is 0 Å². The molecular formula is C19H21N5O. The van der Waals surface area contributed by atoms with Crippen LogP contribution in [0.15, 0.2) is 48.7 Å². The van der Waals surface area contributed by atoms with E-state index in [1.165, 1.54) is 0 Å². The third-order valence-corrected chi connectivity index (χ3v) is 4.01. The number of pyridine rings is 1. The summed E-state index contributed by atoms with van der Waals surface area (Å²) in [6.07, 6.45) is 3.50. The number of benzene rings is 1. The lowest BCUT2D eigenvalue weighted by Crippen LogP contribution is -2.24. The number of nitrogens with one attached hydrogen (secondary N) is 1. The molecule has 1 amide bonds. The molecule has 0 spiro atoms. The van der Waals surface area contributed by atoms with Crippen molar-refractivity contribution in [1.29, 1.82) is 0 Å². The van der Waals surface area contributed by atoms with Gasteiger partial charge in [-0.2, -0.15) is 5.10 Å². The Kier molecular flexibility index (Phi) is 5.18. The first-order valence-electron chi connectivity index (χ1n) is 8.29. The molecule has 25 heavy (non-hydrogen) atoms. The lowest BCUT2D eigenvalue weighted by Gasteiger charge is -2.05. The molecule has 2 aromatic heterocycles. The van der Waals surface area contributed by atoms with Gasteiger partial charge in [-0.25, -0.2) is 4.98 Å². The largest absolute Gasteiger partial charge is 0.352 e. The molecule has 128 valence electrons. The number of amides is 1. The van der Waals surface area contributed by atoms with Crippen LogP contribution < -0.4 is 5.32 Å². The van der Waals surface area contributed by atoms with E-state index < -0.39 is 0 Å². The zero-order valence-corrected chi connectivity index (χ0v) is 14.4. The summed E-state index contributed by atoms with van der Waals surface area (Å²) in [6.45, 7) is 2.53. The Bertz CT molecular complexity index is 821. The fourth-order valence-electron chi connectivity index (χ4n) is 2.47. The van der Waals surface area contributed by atoms with E-state index in [9.17, 15) is 4.79 Å². The van der Waals surface area contributed by atoms with Gasteiger partial charge >= 0.3 is 0 Å². The minimum Gasteiger partial charge on any atom is -0.352 e. The van der Waals surface area contributed by atoms with Gasteiger partial charge in [0.15, 0.2) is 5.82 Å². The molecule has 6 nitrogen and oxygen atoms in total. The Morgan fingerprint density at radius 1 is 1.16 bits per heavy atom. The molecule has 0 atom stereocenters. The van der Waals surface area contributed by atoms with Gasteiger partial charge in [-0.05, 0) is 44.0 Å². The fourth-order valence-corrected chi connectivity index (χ4v) is 2.47. The van der Waals surface area contributed by atoms with Crippen LogP contribution in [0.3, 0.4) is 0 Å². The summed E-state index contributed by atoms with van der Waals surface area (Å²) in [6, 6.07) is 13.2. The van der Waals surface area contributed by atoms with Crippen molar-refractivity contribution in [3.05, 3.63) is 65.7 Å². The predicted molar refractivity (Wildman–Crippen MR) is 96.1 cm³/mol. The highest BCUT2D eigenvalue weighted by molar-refractivity contribution is 5.94. The van der Waals surface area contributed by atoms with E-state index >= 15 is 0 Å². The zero-order chi connectivity index (χ0) is 17.6. The summed E-state index contributed by atoms with van der Waals surface area (Å²) in [5.41, 5.74) is 2.57. The molecule has 0 aliphatic heterocycles. The van der Waals surface area contributed by atoms with Gasteiger partial charge in [-0.15, -0.1) is 0 Å². The minimum atomic E-state index is -0.0715. The molecule has 0 unspecified atom stereocenters. The highest BCUT2D eigenvalue weighted by atomic mass is 16.1. The zero-order valence-electron chi connectivity index (χ0n) is 14.4. The van der Waals surface area contributed by atoms with Gasteiger partial charge < -0.3 is 5.32 Å². The van der Waals surface area contributed by atoms with Gasteiger partial charge in [0.05, 0.1) is 0 Å². The lowest BCUT2D eigenvalue weighted by atomic mass is 10.1. The molecule has 0 radical (unpaired) electrons. The van der Waals surface area contributed by atoms with Crippen LogP contribution in [0.25, 0.3) is 11.4 Å². The van der Waals surface area contributed by atoms with Crippen molar-refractivity contribution in [2.75, 3.05) is 6.54 Å². The van der Waals surface area contributed by atoms with Crippen molar-refractivity contribution in [3.8, 4) is 11.4 Å². The van der Waals surface area contributed by atoms with Gasteiger partial charge in [0, 0.05) is 36.6 Å². The van der Waals surface area contributed by atoms with Crippen LogP contribution in [0, 0.1) is 6.92 Å². The number of aryl methyl sites for hydroxylation is 3. The van der Waals surface area contributed by atoms with Crippen molar-refractivity contribution in [2.24, 2.45) is 7.05 Å². The van der Waals surface area contributed by atoms with E-state index in [2.05, 4.69) is 20.4 Å². The Morgan fingerprint density at radius 2 is 1.96 bits per heavy atom. The molecule has 6 heteroatoms. The minimum absolute atomic E-state index is 0.0715. The number of rotatable bonds is 6. The second-order valence-electron chi connectivity index (χ2n) is 5.86. The third kappa shape index (κ3) is 4.29. The van der Waals surface area contributed by atoms with Gasteiger partial charge in [0.25, 0.3) is 5.91 Å². The van der Waals surface area contributed by atoms with Crippen LogP contribution in [-0.4, -0.2) is 32.2 Å². The molecule has 0 aliphatic rings. The van der Waals surface area contributed by atoms with Gasteiger partial charge in [-0.3, -0.25) is 14.5 Å². The Balaban J connectivity index is 1.52. The monoisotopic (exact) mass is 335 g/mol. The summed E-state index contributed by atoms with van der Waals surface area (Å²) in [4.78, 5) is 20.9. The number of carbonyl (C=O) groups excluding carboxylic acids is 1. The quantitative estimate of drug-likeness (QED) is 0.703. The van der Waals surface area contributed by atoms with Gasteiger partial charge in [0.2, 0.25) is 0 Å². The maximum absolute atomic E-state index is 12.2. The number of hydrogen-bond donors (Lipinski definition) is 1. The molecule has 0 fully saturated rings. The molecule has 0 saturated heterocycles. The van der Waals surface area contributed by atoms with E-state index in [0.717, 1.165) is 29.9 Å². The number of hydrogen-bond acceptors (Lipinski definition) is 4. The van der Waals surface area contributed by atoms with Crippen LogP contribution >= 0.6 is 0 Å². The average molecular weight is 335 g/mol. The van der Waals surface area contributed by atoms with Crippen molar-refractivity contribution in [1.82, 2.24) is 25.1 Å². The maximum atomic E-state index is 12.2. The standard InChI is InChI=1S/C19H21N5O/c1-14-22-18(23-24(14)2)15-8-10-16(11-9-15)19(25)21-13-5-7-17-6-3-4-12-20-17/h3-4,6,8-12H,5,7,13H2,1-2H3,(H,21,25). The highest BCUT2D eigenvalue weighted by Crippen LogP contribution is 2.16. The first-order chi connectivity index (χ1) is 12.1. The average Bonchev–Trinajstić information content (AvgIpc) is 2.98. The van der Waals surface area contributed by atoms with Crippen LogP contribution in [0.1, 0.15) is 28.3 Å². The van der Waals surface area contributed by atoms with Crippen molar-refractivity contribution >= 4 is 5.91 Å². The molecular weight excluding hydrogens is 314 g/mol. The van der Waals surface area contributed by atoms with E-state index in [4.69, 9.17) is 0 Å². The van der Waals surface area contributed by atoms with Crippen LogP contribution in [0.5, 0.6) is 0 Å². The molecule has 3 aromatic rings. The predicted octanol–water partition coefficient (Wildman–Crippen LogP) is 2.55. The van der Waals surface area contributed by atoms with Crippen molar-refractivity contribution in [3.63, 3.8) is 0 Å². The van der Waals surface area contributed by atoms with Crippen LogP contribution in [0.2, 0.25) is 0 Å². The van der Waals surface area contributed by atoms with Crippen LogP contribution in [-0.2, 0) is 13.5 Å². The summed E-state index contributed by atoms with van der Waals surface area (Å²) in [5.74, 6) is 1.45. The molecule has 3 rings (SSSR count). The maximum Gasteiger partial charge on any atom is 0.251 e. The first kappa shape index (κ1) is 16.8. The van der Waals surface area contributed by atoms with E-state index in [0.29, 0.717) is 17.9 Å². The Hall–Kier alpha value is -3.02. The summed E-state index contributed by atoms with van der Waals surface area (Å²) in [7, 11) is 1.86. The fraction of sp³-hybridized carbons (Fsp3) is 0.263. The normalized spacial score (nSPS) is 10.6. The SMILES string of the molecule is Cc1nc(-c2ccc(C(=O)NCCCc3ccccn3)cc2)nn1C. The smallest absolute Gasteiger partial charge is 0.251 e. The Labute approximate surface area is 146 Å². The molecule has 2 heterocycles. The summed E-state index contributed by atoms with van der Waals surface area (Å²) < 4.78 is 1.73. The topological polar surface area (TPSA) is 72.7 Å². The molecule has 0 aliphatic carbocycles. The van der Waals surface area contributed by atoms with Crippen molar-refractivity contribution < 1.29 is 4.79 Å². The number of carbonyl (C=O) groups is 1. The van der Waals surface area contributed by atoms with Crippen molar-refractivity contribution in [2.45, 2.75) is 19.8 Å². The summed E-state index contributed by atoms with van der Waals surface area (Å²) >= 11 is 0. The first-order valence-corrected chi connectivity index (χ1v) is 8.29. The van der Waals surface area contributed by atoms with Gasteiger partial charge in [0.1, 0.15) is 5.82 Å². The number of nitrogens with zero attached hydrogens (tertiary/aromatic N) is 4. The van der Waals surface area contributed by atoms with Gasteiger partial charge in [-0.1, -0.05) is 18.2 Å². The molecule has 0 bridgehead atoms. The molecule has 1 N–H and O–H groups in total. The summed E-state index contributed by atoms with van der Waals surface area (Å²) in [5, 5.41) is 7.28. The third-order valence-electron chi connectivity index (χ3n) is 4.01. The lowest BCUT2D eigenvalue weighted by molar-refractivity contribution is 0.0953. The van der Waals surface area contributed by atoms with E-state index in [1.54, 1.807) is 23.0 Å².